The fraction of sp³-hybridized carbons (Fsp3) is 0.375. The van der Waals surface area contributed by atoms with Crippen molar-refractivity contribution in [3.05, 3.63) is 41.4 Å². The number of nitrogens with two attached hydrogens (primary N) is 1. The van der Waals surface area contributed by atoms with E-state index >= 15 is 0 Å². The molecule has 1 atom stereocenters. The Labute approximate surface area is 129 Å². The SMILES string of the molecule is CC(C)C[C@H](N)C(=O)NCc1csc(-c2ccccc2)n1. The predicted molar refractivity (Wildman–Crippen MR) is 86.8 cm³/mol. The van der Waals surface area contributed by atoms with Gasteiger partial charge in [0.1, 0.15) is 5.01 Å². The van der Waals surface area contributed by atoms with Crippen LogP contribution in [0.2, 0.25) is 0 Å². The number of nitrogens with one attached hydrogen (secondary N) is 1. The smallest absolute Gasteiger partial charge is 0.237 e. The van der Waals surface area contributed by atoms with Gasteiger partial charge in [-0.2, -0.15) is 0 Å². The van der Waals surface area contributed by atoms with Gasteiger partial charge in [0.25, 0.3) is 0 Å². The molecule has 3 N–H and O–H groups in total. The molecule has 0 bridgehead atoms. The summed E-state index contributed by atoms with van der Waals surface area (Å²) in [7, 11) is 0. The lowest BCUT2D eigenvalue weighted by molar-refractivity contribution is -0.122. The largest absolute Gasteiger partial charge is 0.349 e. The molecule has 0 radical (unpaired) electrons. The third kappa shape index (κ3) is 4.65. The Morgan fingerprint density at radius 3 is 2.71 bits per heavy atom. The topological polar surface area (TPSA) is 68.0 Å². The first-order chi connectivity index (χ1) is 10.1. The molecule has 2 rings (SSSR count). The summed E-state index contributed by atoms with van der Waals surface area (Å²) >= 11 is 1.58. The van der Waals surface area contributed by atoms with E-state index in [0.717, 1.165) is 16.3 Å². The minimum atomic E-state index is -0.447. The van der Waals surface area contributed by atoms with Crippen molar-refractivity contribution >= 4 is 17.2 Å². The Balaban J connectivity index is 1.90. The highest BCUT2D eigenvalue weighted by molar-refractivity contribution is 7.13. The van der Waals surface area contributed by atoms with E-state index in [0.29, 0.717) is 18.9 Å². The molecule has 0 saturated carbocycles. The van der Waals surface area contributed by atoms with Crippen LogP contribution in [0.4, 0.5) is 0 Å². The molecule has 4 nitrogen and oxygen atoms in total. The van der Waals surface area contributed by atoms with Crippen molar-refractivity contribution < 1.29 is 4.79 Å². The first-order valence-corrected chi connectivity index (χ1v) is 7.97. The third-order valence-electron chi connectivity index (χ3n) is 3.08. The maximum absolute atomic E-state index is 11.9. The van der Waals surface area contributed by atoms with E-state index < -0.39 is 6.04 Å². The van der Waals surface area contributed by atoms with Gasteiger partial charge in [-0.1, -0.05) is 44.2 Å². The summed E-state index contributed by atoms with van der Waals surface area (Å²) in [5, 5.41) is 5.78. The fourth-order valence-electron chi connectivity index (χ4n) is 2.03. The molecular weight excluding hydrogens is 282 g/mol. The molecule has 1 amide bonds. The second kappa shape index (κ2) is 7.33. The number of rotatable bonds is 6. The molecule has 2 aromatic rings. The quantitative estimate of drug-likeness (QED) is 0.862. The monoisotopic (exact) mass is 303 g/mol. The molecule has 5 heteroatoms. The van der Waals surface area contributed by atoms with Crippen molar-refractivity contribution in [3.63, 3.8) is 0 Å². The number of nitrogens with zero attached hydrogens (tertiary/aromatic N) is 1. The summed E-state index contributed by atoms with van der Waals surface area (Å²) in [4.78, 5) is 16.4. The van der Waals surface area contributed by atoms with Crippen LogP contribution in [0.3, 0.4) is 0 Å². The molecule has 1 aromatic heterocycles. The Morgan fingerprint density at radius 2 is 2.05 bits per heavy atom. The molecule has 112 valence electrons. The van der Waals surface area contributed by atoms with Crippen LogP contribution in [0.5, 0.6) is 0 Å². The molecule has 0 spiro atoms. The number of hydrogen-bond acceptors (Lipinski definition) is 4. The van der Waals surface area contributed by atoms with Crippen molar-refractivity contribution in [1.82, 2.24) is 10.3 Å². The van der Waals surface area contributed by atoms with Crippen LogP contribution in [0.15, 0.2) is 35.7 Å². The summed E-state index contributed by atoms with van der Waals surface area (Å²) in [6.45, 7) is 4.54. The van der Waals surface area contributed by atoms with Crippen LogP contribution >= 0.6 is 11.3 Å². The van der Waals surface area contributed by atoms with Gasteiger partial charge in [-0.3, -0.25) is 4.79 Å². The summed E-state index contributed by atoms with van der Waals surface area (Å²) in [5.74, 6) is 0.299. The Bertz CT molecular complexity index is 580. The van der Waals surface area contributed by atoms with Crippen LogP contribution in [0, 0.1) is 5.92 Å². The summed E-state index contributed by atoms with van der Waals surface area (Å²) in [6, 6.07) is 9.57. The zero-order chi connectivity index (χ0) is 15.2. The van der Waals surface area contributed by atoms with Crippen molar-refractivity contribution in [1.29, 1.82) is 0 Å². The maximum Gasteiger partial charge on any atom is 0.237 e. The van der Waals surface area contributed by atoms with Gasteiger partial charge in [0.05, 0.1) is 18.3 Å². The molecule has 1 aromatic carbocycles. The van der Waals surface area contributed by atoms with Crippen molar-refractivity contribution in [2.45, 2.75) is 32.9 Å². The Hall–Kier alpha value is -1.72. The van der Waals surface area contributed by atoms with Gasteiger partial charge >= 0.3 is 0 Å². The molecule has 1 heterocycles. The number of benzene rings is 1. The summed E-state index contributed by atoms with van der Waals surface area (Å²) in [5.41, 5.74) is 7.81. The van der Waals surface area contributed by atoms with Gasteiger partial charge in [-0.25, -0.2) is 4.98 Å². The number of aromatic nitrogens is 1. The minimum absolute atomic E-state index is 0.113. The number of carbonyl (C=O) groups is 1. The summed E-state index contributed by atoms with van der Waals surface area (Å²) < 4.78 is 0. The van der Waals surface area contributed by atoms with Crippen LogP contribution in [-0.2, 0) is 11.3 Å². The van der Waals surface area contributed by atoms with Crippen LogP contribution in [-0.4, -0.2) is 16.9 Å². The fourth-order valence-corrected chi connectivity index (χ4v) is 2.85. The average Bonchev–Trinajstić information content (AvgIpc) is 2.94. The second-order valence-electron chi connectivity index (χ2n) is 5.46. The molecular formula is C16H21N3OS. The second-order valence-corrected chi connectivity index (χ2v) is 6.32. The number of thiazole rings is 1. The molecule has 0 aliphatic rings. The molecule has 0 unspecified atom stereocenters. The van der Waals surface area contributed by atoms with Crippen molar-refractivity contribution in [3.8, 4) is 10.6 Å². The third-order valence-corrected chi connectivity index (χ3v) is 4.02. The lowest BCUT2D eigenvalue weighted by atomic mass is 10.0. The molecule has 0 aliphatic carbocycles. The van der Waals surface area contributed by atoms with E-state index in [4.69, 9.17) is 5.73 Å². The summed E-state index contributed by atoms with van der Waals surface area (Å²) in [6.07, 6.45) is 0.693. The van der Waals surface area contributed by atoms with Gasteiger partial charge in [-0.15, -0.1) is 11.3 Å². The zero-order valence-electron chi connectivity index (χ0n) is 12.4. The lowest BCUT2D eigenvalue weighted by Gasteiger charge is -2.13. The van der Waals surface area contributed by atoms with Crippen molar-refractivity contribution in [2.75, 3.05) is 0 Å². The lowest BCUT2D eigenvalue weighted by Crippen LogP contribution is -2.41. The number of amides is 1. The van der Waals surface area contributed by atoms with Gasteiger partial charge in [-0.05, 0) is 12.3 Å². The van der Waals surface area contributed by atoms with Crippen molar-refractivity contribution in [2.24, 2.45) is 11.7 Å². The molecule has 0 aliphatic heterocycles. The van der Waals surface area contributed by atoms with Gasteiger partial charge in [0, 0.05) is 10.9 Å². The standard InChI is InChI=1S/C16H21N3OS/c1-11(2)8-14(17)15(20)18-9-13-10-21-16(19-13)12-6-4-3-5-7-12/h3-7,10-11,14H,8-9,17H2,1-2H3,(H,18,20)/t14-/m0/s1. The number of carbonyl (C=O) groups excluding carboxylic acids is 1. The van der Waals surface area contributed by atoms with Crippen LogP contribution in [0.25, 0.3) is 10.6 Å². The number of hydrogen-bond donors (Lipinski definition) is 2. The van der Waals surface area contributed by atoms with E-state index in [1.165, 1.54) is 0 Å². The van der Waals surface area contributed by atoms with Crippen LogP contribution in [0.1, 0.15) is 26.0 Å². The Kier molecular flexibility index (Phi) is 5.47. The highest BCUT2D eigenvalue weighted by atomic mass is 32.1. The highest BCUT2D eigenvalue weighted by Gasteiger charge is 2.15. The van der Waals surface area contributed by atoms with E-state index in [1.807, 2.05) is 35.7 Å². The van der Waals surface area contributed by atoms with E-state index in [9.17, 15) is 4.79 Å². The van der Waals surface area contributed by atoms with E-state index in [1.54, 1.807) is 11.3 Å². The molecule has 0 saturated heterocycles. The first kappa shape index (κ1) is 15.7. The Morgan fingerprint density at radius 1 is 1.33 bits per heavy atom. The minimum Gasteiger partial charge on any atom is -0.349 e. The first-order valence-electron chi connectivity index (χ1n) is 7.09. The average molecular weight is 303 g/mol. The highest BCUT2D eigenvalue weighted by Crippen LogP contribution is 2.23. The predicted octanol–water partition coefficient (Wildman–Crippen LogP) is 2.80. The van der Waals surface area contributed by atoms with E-state index in [2.05, 4.69) is 24.1 Å². The van der Waals surface area contributed by atoms with Crippen LogP contribution < -0.4 is 11.1 Å². The van der Waals surface area contributed by atoms with Gasteiger partial charge < -0.3 is 11.1 Å². The normalized spacial score (nSPS) is 12.4. The maximum atomic E-state index is 11.9. The van der Waals surface area contributed by atoms with Gasteiger partial charge in [0.2, 0.25) is 5.91 Å². The van der Waals surface area contributed by atoms with E-state index in [-0.39, 0.29) is 5.91 Å². The van der Waals surface area contributed by atoms with Gasteiger partial charge in [0.15, 0.2) is 0 Å². The zero-order valence-corrected chi connectivity index (χ0v) is 13.2. The molecule has 0 fully saturated rings. The molecule has 21 heavy (non-hydrogen) atoms.